The van der Waals surface area contributed by atoms with Gasteiger partial charge in [0.15, 0.2) is 0 Å². The minimum Gasteiger partial charge on any atom is -0.322 e. The van der Waals surface area contributed by atoms with Crippen LogP contribution in [0.2, 0.25) is 0 Å². The number of amidine groups is 1. The zero-order valence-corrected chi connectivity index (χ0v) is 10.1. The second-order valence-electron chi connectivity index (χ2n) is 4.53. The van der Waals surface area contributed by atoms with E-state index in [1.807, 2.05) is 35.2 Å². The molecule has 0 saturated carbocycles. The molecule has 0 amide bonds. The largest absolute Gasteiger partial charge is 0.322 e. The number of nitrogens with one attached hydrogen (secondary N) is 1. The summed E-state index contributed by atoms with van der Waals surface area (Å²) in [7, 11) is 0. The summed E-state index contributed by atoms with van der Waals surface area (Å²) in [6.07, 6.45) is 0. The van der Waals surface area contributed by atoms with Gasteiger partial charge >= 0.3 is 0 Å². The molecule has 0 unspecified atom stereocenters. The summed E-state index contributed by atoms with van der Waals surface area (Å²) in [5.41, 5.74) is 3.41. The molecule has 0 aromatic heterocycles. The Hall–Kier alpha value is -2.16. The van der Waals surface area contributed by atoms with Crippen LogP contribution < -0.4 is 4.90 Å². The summed E-state index contributed by atoms with van der Waals surface area (Å²) < 4.78 is 13.6. The molecule has 0 atom stereocenters. The SMILES string of the molecule is Cc1ccc(N2Cc3ccccc3C2=N)cc1F. The fraction of sp³-hybridized carbons (Fsp3) is 0.133. The van der Waals surface area contributed by atoms with E-state index in [9.17, 15) is 4.39 Å². The van der Waals surface area contributed by atoms with Crippen molar-refractivity contribution in [2.45, 2.75) is 13.5 Å². The Kier molecular flexibility index (Phi) is 2.40. The molecule has 3 heteroatoms. The lowest BCUT2D eigenvalue weighted by atomic mass is 10.1. The molecule has 90 valence electrons. The van der Waals surface area contributed by atoms with Gasteiger partial charge in [-0.15, -0.1) is 0 Å². The molecule has 1 heterocycles. The van der Waals surface area contributed by atoms with Gasteiger partial charge in [-0.25, -0.2) is 4.39 Å². The zero-order chi connectivity index (χ0) is 12.7. The van der Waals surface area contributed by atoms with Gasteiger partial charge in [0.2, 0.25) is 0 Å². The van der Waals surface area contributed by atoms with E-state index < -0.39 is 0 Å². The van der Waals surface area contributed by atoms with Crippen molar-refractivity contribution in [1.82, 2.24) is 0 Å². The summed E-state index contributed by atoms with van der Waals surface area (Å²) in [5.74, 6) is 0.213. The molecule has 3 rings (SSSR count). The number of nitrogens with zero attached hydrogens (tertiary/aromatic N) is 1. The van der Waals surface area contributed by atoms with Crippen LogP contribution in [0.15, 0.2) is 42.5 Å². The van der Waals surface area contributed by atoms with Gasteiger partial charge in [0.25, 0.3) is 0 Å². The van der Waals surface area contributed by atoms with Crippen LogP contribution in [0.4, 0.5) is 10.1 Å². The quantitative estimate of drug-likeness (QED) is 0.811. The predicted octanol–water partition coefficient (Wildman–Crippen LogP) is 3.48. The topological polar surface area (TPSA) is 27.1 Å². The maximum absolute atomic E-state index is 13.6. The molecule has 2 aromatic carbocycles. The highest BCUT2D eigenvalue weighted by Crippen LogP contribution is 2.28. The number of rotatable bonds is 1. The number of benzene rings is 2. The molecule has 1 aliphatic rings. The van der Waals surface area contributed by atoms with Crippen LogP contribution in [-0.4, -0.2) is 5.84 Å². The average molecular weight is 240 g/mol. The molecule has 0 spiro atoms. The first-order valence-corrected chi connectivity index (χ1v) is 5.87. The van der Waals surface area contributed by atoms with Gasteiger partial charge in [0.1, 0.15) is 11.7 Å². The Morgan fingerprint density at radius 3 is 2.67 bits per heavy atom. The van der Waals surface area contributed by atoms with E-state index >= 15 is 0 Å². The van der Waals surface area contributed by atoms with Crippen molar-refractivity contribution in [2.24, 2.45) is 0 Å². The van der Waals surface area contributed by atoms with Crippen molar-refractivity contribution in [1.29, 1.82) is 5.41 Å². The maximum Gasteiger partial charge on any atom is 0.133 e. The molecule has 0 radical (unpaired) electrons. The van der Waals surface area contributed by atoms with Crippen LogP contribution in [0.1, 0.15) is 16.7 Å². The van der Waals surface area contributed by atoms with E-state index in [1.165, 1.54) is 6.07 Å². The predicted molar refractivity (Wildman–Crippen MR) is 70.6 cm³/mol. The monoisotopic (exact) mass is 240 g/mol. The molecule has 2 nitrogen and oxygen atoms in total. The molecular formula is C15H13FN2. The van der Waals surface area contributed by atoms with E-state index in [2.05, 4.69) is 0 Å². The van der Waals surface area contributed by atoms with Crippen molar-refractivity contribution in [2.75, 3.05) is 4.90 Å². The fourth-order valence-corrected chi connectivity index (χ4v) is 2.25. The summed E-state index contributed by atoms with van der Waals surface area (Å²) >= 11 is 0. The van der Waals surface area contributed by atoms with Crippen molar-refractivity contribution in [3.8, 4) is 0 Å². The third kappa shape index (κ3) is 1.59. The van der Waals surface area contributed by atoms with Crippen molar-refractivity contribution in [3.63, 3.8) is 0 Å². The molecule has 18 heavy (non-hydrogen) atoms. The zero-order valence-electron chi connectivity index (χ0n) is 10.1. The molecule has 1 aliphatic heterocycles. The van der Waals surface area contributed by atoms with Crippen LogP contribution in [0.5, 0.6) is 0 Å². The van der Waals surface area contributed by atoms with Crippen molar-refractivity contribution < 1.29 is 4.39 Å². The second kappa shape index (κ2) is 3.95. The van der Waals surface area contributed by atoms with Gasteiger partial charge in [-0.3, -0.25) is 5.41 Å². The van der Waals surface area contributed by atoms with Crippen LogP contribution in [-0.2, 0) is 6.54 Å². The summed E-state index contributed by atoms with van der Waals surface area (Å²) in [6.45, 7) is 2.38. The Bertz CT molecular complexity index is 634. The standard InChI is InChI=1S/C15H13FN2/c1-10-6-7-12(8-14(10)16)18-9-11-4-2-3-5-13(11)15(18)17/h2-8,17H,9H2,1H3. The molecule has 2 aromatic rings. The Morgan fingerprint density at radius 1 is 1.17 bits per heavy atom. The third-order valence-corrected chi connectivity index (χ3v) is 3.34. The lowest BCUT2D eigenvalue weighted by molar-refractivity contribution is 0.618. The number of hydrogen-bond acceptors (Lipinski definition) is 1. The van der Waals surface area contributed by atoms with E-state index in [0.717, 1.165) is 16.8 Å². The number of aryl methyl sites for hydroxylation is 1. The van der Waals surface area contributed by atoms with Gasteiger partial charge in [0, 0.05) is 11.3 Å². The first-order chi connectivity index (χ1) is 8.66. The number of halogens is 1. The van der Waals surface area contributed by atoms with Crippen LogP contribution in [0.3, 0.4) is 0 Å². The number of fused-ring (bicyclic) bond motifs is 1. The van der Waals surface area contributed by atoms with Gasteiger partial charge in [0.05, 0.1) is 6.54 Å². The second-order valence-corrected chi connectivity index (χ2v) is 4.53. The highest BCUT2D eigenvalue weighted by atomic mass is 19.1. The van der Waals surface area contributed by atoms with Crippen molar-refractivity contribution >= 4 is 11.5 Å². The molecule has 1 N–H and O–H groups in total. The normalized spacial score (nSPS) is 13.9. The Balaban J connectivity index is 2.01. The van der Waals surface area contributed by atoms with E-state index in [1.54, 1.807) is 13.0 Å². The van der Waals surface area contributed by atoms with E-state index in [0.29, 0.717) is 17.9 Å². The Morgan fingerprint density at radius 2 is 1.94 bits per heavy atom. The van der Waals surface area contributed by atoms with Gasteiger partial charge in [-0.05, 0) is 30.2 Å². The lowest BCUT2D eigenvalue weighted by Crippen LogP contribution is -2.23. The van der Waals surface area contributed by atoms with E-state index in [-0.39, 0.29) is 5.82 Å². The summed E-state index contributed by atoms with van der Waals surface area (Å²) in [6, 6.07) is 12.9. The van der Waals surface area contributed by atoms with Gasteiger partial charge < -0.3 is 4.90 Å². The third-order valence-electron chi connectivity index (χ3n) is 3.34. The van der Waals surface area contributed by atoms with E-state index in [4.69, 9.17) is 5.41 Å². The average Bonchev–Trinajstić information content (AvgIpc) is 2.71. The number of hydrogen-bond donors (Lipinski definition) is 1. The van der Waals surface area contributed by atoms with Crippen LogP contribution >= 0.6 is 0 Å². The lowest BCUT2D eigenvalue weighted by Gasteiger charge is -2.18. The minimum atomic E-state index is -0.226. The molecular weight excluding hydrogens is 227 g/mol. The van der Waals surface area contributed by atoms with Crippen LogP contribution in [0.25, 0.3) is 0 Å². The summed E-state index contributed by atoms with van der Waals surface area (Å²) in [4.78, 5) is 1.83. The smallest absolute Gasteiger partial charge is 0.133 e. The number of anilines is 1. The highest BCUT2D eigenvalue weighted by Gasteiger charge is 2.24. The fourth-order valence-electron chi connectivity index (χ4n) is 2.25. The summed E-state index contributed by atoms with van der Waals surface area (Å²) in [5, 5.41) is 8.15. The first-order valence-electron chi connectivity index (χ1n) is 5.87. The molecule has 0 fully saturated rings. The highest BCUT2D eigenvalue weighted by molar-refractivity contribution is 6.11. The first kappa shape index (κ1) is 11.0. The Labute approximate surface area is 105 Å². The van der Waals surface area contributed by atoms with Gasteiger partial charge in [-0.2, -0.15) is 0 Å². The van der Waals surface area contributed by atoms with Crippen LogP contribution in [0, 0.1) is 18.2 Å². The maximum atomic E-state index is 13.6. The molecule has 0 saturated heterocycles. The van der Waals surface area contributed by atoms with Crippen molar-refractivity contribution in [3.05, 3.63) is 65.0 Å². The minimum absolute atomic E-state index is 0.226. The molecule has 0 aliphatic carbocycles. The van der Waals surface area contributed by atoms with Gasteiger partial charge in [-0.1, -0.05) is 30.3 Å². The molecule has 0 bridgehead atoms.